The molecular formula is C17H27NO2S. The van der Waals surface area contributed by atoms with E-state index in [-0.39, 0.29) is 11.3 Å². The van der Waals surface area contributed by atoms with Gasteiger partial charge in [-0.1, -0.05) is 26.8 Å². The minimum atomic E-state index is -0.797. The molecule has 0 heterocycles. The first-order valence-corrected chi connectivity index (χ1v) is 9.22. The van der Waals surface area contributed by atoms with Crippen LogP contribution in [-0.2, 0) is 17.2 Å². The van der Waals surface area contributed by atoms with Gasteiger partial charge in [-0.15, -0.1) is 0 Å². The molecule has 0 aromatic heterocycles. The number of hydrogen-bond acceptors (Lipinski definition) is 3. The second-order valence-corrected chi connectivity index (χ2v) is 7.88. The highest BCUT2D eigenvalue weighted by atomic mass is 32.2. The van der Waals surface area contributed by atoms with Gasteiger partial charge in [-0.3, -0.25) is 4.21 Å². The molecule has 0 amide bonds. The Bertz CT molecular complexity index is 502. The SMILES string of the molecule is CCCNC1c2cc(OC)ccc2CC1S(=O)CC(C)C. The van der Waals surface area contributed by atoms with Gasteiger partial charge in [-0.2, -0.15) is 0 Å². The highest BCUT2D eigenvalue weighted by Crippen LogP contribution is 2.37. The standard InChI is InChI=1S/C17H27NO2S/c1-5-8-18-17-15-10-14(20-4)7-6-13(15)9-16(17)21(19)11-12(2)3/h6-7,10,12,16-18H,5,8-9,11H2,1-4H3. The maximum absolute atomic E-state index is 12.7. The van der Waals surface area contributed by atoms with E-state index in [0.29, 0.717) is 5.92 Å². The fraction of sp³-hybridized carbons (Fsp3) is 0.647. The lowest BCUT2D eigenvalue weighted by molar-refractivity contribution is 0.413. The van der Waals surface area contributed by atoms with Crippen LogP contribution in [0.25, 0.3) is 0 Å². The number of hydrogen-bond donors (Lipinski definition) is 1. The maximum Gasteiger partial charge on any atom is 0.119 e. The summed E-state index contributed by atoms with van der Waals surface area (Å²) in [4.78, 5) is 0. The van der Waals surface area contributed by atoms with Gasteiger partial charge >= 0.3 is 0 Å². The summed E-state index contributed by atoms with van der Waals surface area (Å²) >= 11 is 0. The molecule has 0 spiro atoms. The summed E-state index contributed by atoms with van der Waals surface area (Å²) in [7, 11) is 0.897. The molecule has 1 aromatic rings. The van der Waals surface area contributed by atoms with E-state index in [4.69, 9.17) is 4.74 Å². The highest BCUT2D eigenvalue weighted by molar-refractivity contribution is 7.85. The average molecular weight is 309 g/mol. The van der Waals surface area contributed by atoms with Crippen molar-refractivity contribution in [3.63, 3.8) is 0 Å². The summed E-state index contributed by atoms with van der Waals surface area (Å²) in [6, 6.07) is 6.43. The van der Waals surface area contributed by atoms with Crippen LogP contribution >= 0.6 is 0 Å². The first kappa shape index (κ1) is 16.5. The Labute approximate surface area is 130 Å². The Hall–Kier alpha value is -0.870. The molecule has 3 nitrogen and oxygen atoms in total. The van der Waals surface area contributed by atoms with Crippen LogP contribution in [0.3, 0.4) is 0 Å². The molecule has 2 rings (SSSR count). The summed E-state index contributed by atoms with van der Waals surface area (Å²) in [6.07, 6.45) is 1.99. The van der Waals surface area contributed by atoms with Crippen LogP contribution in [0.4, 0.5) is 0 Å². The van der Waals surface area contributed by atoms with Crippen molar-refractivity contribution in [3.8, 4) is 5.75 Å². The molecule has 1 aliphatic rings. The number of rotatable bonds is 7. The van der Waals surface area contributed by atoms with E-state index >= 15 is 0 Å². The minimum Gasteiger partial charge on any atom is -0.497 e. The quantitative estimate of drug-likeness (QED) is 0.841. The third-order valence-electron chi connectivity index (χ3n) is 3.93. The summed E-state index contributed by atoms with van der Waals surface area (Å²) < 4.78 is 18.0. The molecule has 3 unspecified atom stereocenters. The van der Waals surface area contributed by atoms with E-state index in [1.807, 2.05) is 6.07 Å². The van der Waals surface area contributed by atoms with Crippen molar-refractivity contribution < 1.29 is 8.95 Å². The van der Waals surface area contributed by atoms with Gasteiger partial charge in [-0.05, 0) is 48.6 Å². The van der Waals surface area contributed by atoms with Gasteiger partial charge in [0.1, 0.15) is 5.75 Å². The van der Waals surface area contributed by atoms with Crippen molar-refractivity contribution in [2.75, 3.05) is 19.4 Å². The van der Waals surface area contributed by atoms with Gasteiger partial charge in [0.25, 0.3) is 0 Å². The molecule has 21 heavy (non-hydrogen) atoms. The van der Waals surface area contributed by atoms with Crippen LogP contribution in [0, 0.1) is 5.92 Å². The van der Waals surface area contributed by atoms with Crippen molar-refractivity contribution in [3.05, 3.63) is 29.3 Å². The molecule has 0 saturated carbocycles. The number of benzene rings is 1. The lowest BCUT2D eigenvalue weighted by Gasteiger charge is -2.22. The van der Waals surface area contributed by atoms with Gasteiger partial charge < -0.3 is 10.1 Å². The molecule has 1 aliphatic carbocycles. The van der Waals surface area contributed by atoms with E-state index in [0.717, 1.165) is 30.9 Å². The predicted molar refractivity (Wildman–Crippen MR) is 89.4 cm³/mol. The highest BCUT2D eigenvalue weighted by Gasteiger charge is 2.36. The van der Waals surface area contributed by atoms with Crippen LogP contribution in [0.1, 0.15) is 44.4 Å². The third-order valence-corrected chi connectivity index (χ3v) is 6.04. The molecule has 0 fully saturated rings. The van der Waals surface area contributed by atoms with Crippen molar-refractivity contribution >= 4 is 10.8 Å². The Kier molecular flexibility index (Phi) is 5.82. The molecule has 0 saturated heterocycles. The second-order valence-electron chi connectivity index (χ2n) is 6.18. The fourth-order valence-electron chi connectivity index (χ4n) is 2.95. The smallest absolute Gasteiger partial charge is 0.119 e. The molecular weight excluding hydrogens is 282 g/mol. The topological polar surface area (TPSA) is 38.3 Å². The summed E-state index contributed by atoms with van der Waals surface area (Å²) in [5, 5.41) is 3.78. The fourth-order valence-corrected chi connectivity index (χ4v) is 4.76. The van der Waals surface area contributed by atoms with E-state index < -0.39 is 10.8 Å². The number of methoxy groups -OCH3 is 1. The first-order valence-electron chi connectivity index (χ1n) is 7.84. The normalized spacial score (nSPS) is 22.3. The Morgan fingerprint density at radius 1 is 1.43 bits per heavy atom. The van der Waals surface area contributed by atoms with Gasteiger partial charge in [0.2, 0.25) is 0 Å². The summed E-state index contributed by atoms with van der Waals surface area (Å²) in [5.41, 5.74) is 2.58. The average Bonchev–Trinajstić information content (AvgIpc) is 2.82. The summed E-state index contributed by atoms with van der Waals surface area (Å²) in [6.45, 7) is 7.39. The molecule has 0 aliphatic heterocycles. The number of fused-ring (bicyclic) bond motifs is 1. The van der Waals surface area contributed by atoms with Crippen molar-refractivity contribution in [1.82, 2.24) is 5.32 Å². The third kappa shape index (κ3) is 3.86. The number of ether oxygens (including phenoxy) is 1. The van der Waals surface area contributed by atoms with Crippen molar-refractivity contribution in [1.29, 1.82) is 0 Å². The predicted octanol–water partition coefficient (Wildman–Crippen LogP) is 3.07. The summed E-state index contributed by atoms with van der Waals surface area (Å²) in [5.74, 6) is 2.13. The van der Waals surface area contributed by atoms with Gasteiger partial charge in [-0.25, -0.2) is 0 Å². The van der Waals surface area contributed by atoms with Crippen LogP contribution < -0.4 is 10.1 Å². The molecule has 0 bridgehead atoms. The zero-order valence-electron chi connectivity index (χ0n) is 13.5. The molecule has 1 N–H and O–H groups in total. The monoisotopic (exact) mass is 309 g/mol. The lowest BCUT2D eigenvalue weighted by Crippen LogP contribution is -2.34. The molecule has 1 aromatic carbocycles. The minimum absolute atomic E-state index is 0.182. The Balaban J connectivity index is 2.25. The van der Waals surface area contributed by atoms with Gasteiger partial charge in [0.05, 0.1) is 12.4 Å². The largest absolute Gasteiger partial charge is 0.497 e. The van der Waals surface area contributed by atoms with Crippen molar-refractivity contribution in [2.45, 2.75) is 44.9 Å². The van der Waals surface area contributed by atoms with Crippen LogP contribution in [0.15, 0.2) is 18.2 Å². The van der Waals surface area contributed by atoms with Crippen molar-refractivity contribution in [2.24, 2.45) is 5.92 Å². The van der Waals surface area contributed by atoms with E-state index in [1.54, 1.807) is 7.11 Å². The van der Waals surface area contributed by atoms with E-state index in [9.17, 15) is 4.21 Å². The molecule has 3 atom stereocenters. The lowest BCUT2D eigenvalue weighted by atomic mass is 10.1. The van der Waals surface area contributed by atoms with Gasteiger partial charge in [0.15, 0.2) is 0 Å². The molecule has 4 heteroatoms. The van der Waals surface area contributed by atoms with E-state index in [2.05, 4.69) is 38.2 Å². The van der Waals surface area contributed by atoms with Crippen LogP contribution in [0.2, 0.25) is 0 Å². The Morgan fingerprint density at radius 3 is 2.81 bits per heavy atom. The number of nitrogens with one attached hydrogen (secondary N) is 1. The first-order chi connectivity index (χ1) is 10.1. The van der Waals surface area contributed by atoms with Gasteiger partial charge in [0, 0.05) is 22.6 Å². The van der Waals surface area contributed by atoms with E-state index in [1.165, 1.54) is 11.1 Å². The molecule has 118 valence electrons. The van der Waals surface area contributed by atoms with Crippen LogP contribution in [-0.4, -0.2) is 28.9 Å². The molecule has 0 radical (unpaired) electrons. The Morgan fingerprint density at radius 2 is 2.19 bits per heavy atom. The zero-order chi connectivity index (χ0) is 15.4. The van der Waals surface area contributed by atoms with Crippen LogP contribution in [0.5, 0.6) is 5.75 Å². The zero-order valence-corrected chi connectivity index (χ0v) is 14.3. The second kappa shape index (κ2) is 7.41. The maximum atomic E-state index is 12.7.